The molecule has 0 aliphatic rings. The van der Waals surface area contributed by atoms with Gasteiger partial charge in [-0.05, 0) is 24.3 Å². The van der Waals surface area contributed by atoms with Gasteiger partial charge in [0, 0.05) is 5.56 Å². The number of halogens is 3. The molecule has 1 heterocycles. The molecule has 0 atom stereocenters. The number of hydrogen-bond acceptors (Lipinski definition) is 3. The van der Waals surface area contributed by atoms with E-state index in [4.69, 9.17) is 5.73 Å². The quantitative estimate of drug-likeness (QED) is 0.739. The minimum atomic E-state index is -4.41. The molecule has 21 heavy (non-hydrogen) atoms. The molecule has 6 heteroatoms. The molecular weight excluding hydrogens is 279 g/mol. The summed E-state index contributed by atoms with van der Waals surface area (Å²) in [5.74, 6) is 0.105. The van der Waals surface area contributed by atoms with E-state index in [1.165, 1.54) is 12.1 Å². The first-order valence-electron chi connectivity index (χ1n) is 6.15. The van der Waals surface area contributed by atoms with Crippen LogP contribution in [0.2, 0.25) is 0 Å². The molecular formula is C15H10F3N3. The standard InChI is InChI=1S/C15H10F3N3/c16-15(17,18)10-5-3-4-9(8-10)13-14(19)21-12-7-2-1-6-11(12)20-13/h1-8H,(H2,19,21). The van der Waals surface area contributed by atoms with Crippen molar-refractivity contribution < 1.29 is 13.2 Å². The van der Waals surface area contributed by atoms with E-state index in [1.807, 2.05) is 0 Å². The van der Waals surface area contributed by atoms with Crippen molar-refractivity contribution in [1.82, 2.24) is 9.97 Å². The smallest absolute Gasteiger partial charge is 0.382 e. The van der Waals surface area contributed by atoms with Crippen LogP contribution in [0.25, 0.3) is 22.3 Å². The first kappa shape index (κ1) is 13.4. The van der Waals surface area contributed by atoms with E-state index in [1.54, 1.807) is 24.3 Å². The third-order valence-corrected chi connectivity index (χ3v) is 3.06. The first-order chi connectivity index (χ1) is 9.95. The normalized spacial score (nSPS) is 11.8. The summed E-state index contributed by atoms with van der Waals surface area (Å²) < 4.78 is 38.3. The molecule has 0 radical (unpaired) electrons. The number of nitrogens with zero attached hydrogens (tertiary/aromatic N) is 2. The number of nitrogen functional groups attached to an aromatic ring is 1. The van der Waals surface area contributed by atoms with E-state index in [9.17, 15) is 13.2 Å². The van der Waals surface area contributed by atoms with Crippen LogP contribution < -0.4 is 5.73 Å². The van der Waals surface area contributed by atoms with E-state index in [2.05, 4.69) is 9.97 Å². The van der Waals surface area contributed by atoms with Crippen LogP contribution in [0.3, 0.4) is 0 Å². The van der Waals surface area contributed by atoms with Crippen LogP contribution in [0.4, 0.5) is 19.0 Å². The molecule has 0 bridgehead atoms. The van der Waals surface area contributed by atoms with Crippen molar-refractivity contribution in [2.24, 2.45) is 0 Å². The van der Waals surface area contributed by atoms with E-state index in [0.29, 0.717) is 16.6 Å². The molecule has 0 aliphatic heterocycles. The number of benzene rings is 2. The van der Waals surface area contributed by atoms with Gasteiger partial charge < -0.3 is 5.73 Å². The van der Waals surface area contributed by atoms with Crippen molar-refractivity contribution in [3.05, 3.63) is 54.1 Å². The SMILES string of the molecule is Nc1nc2ccccc2nc1-c1cccc(C(F)(F)F)c1. The minimum absolute atomic E-state index is 0.105. The third-order valence-electron chi connectivity index (χ3n) is 3.06. The molecule has 3 aromatic rings. The van der Waals surface area contributed by atoms with Crippen molar-refractivity contribution in [3.63, 3.8) is 0 Å². The van der Waals surface area contributed by atoms with Gasteiger partial charge >= 0.3 is 6.18 Å². The predicted octanol–water partition coefficient (Wildman–Crippen LogP) is 3.90. The lowest BCUT2D eigenvalue weighted by Crippen LogP contribution is -2.05. The second-order valence-electron chi connectivity index (χ2n) is 4.52. The molecule has 0 amide bonds. The molecule has 2 N–H and O–H groups in total. The molecule has 3 nitrogen and oxygen atoms in total. The summed E-state index contributed by atoms with van der Waals surface area (Å²) in [7, 11) is 0. The third kappa shape index (κ3) is 2.52. The van der Waals surface area contributed by atoms with Gasteiger partial charge in [0.1, 0.15) is 5.69 Å². The topological polar surface area (TPSA) is 51.8 Å². The molecule has 106 valence electrons. The number of para-hydroxylation sites is 2. The zero-order valence-electron chi connectivity index (χ0n) is 10.7. The van der Waals surface area contributed by atoms with Gasteiger partial charge in [-0.1, -0.05) is 24.3 Å². The largest absolute Gasteiger partial charge is 0.416 e. The monoisotopic (exact) mass is 289 g/mol. The van der Waals surface area contributed by atoms with Crippen LogP contribution in [0.1, 0.15) is 5.56 Å². The lowest BCUT2D eigenvalue weighted by Gasteiger charge is -2.10. The molecule has 0 unspecified atom stereocenters. The van der Waals surface area contributed by atoms with Gasteiger partial charge in [0.2, 0.25) is 0 Å². The van der Waals surface area contributed by atoms with Crippen LogP contribution in [0.15, 0.2) is 48.5 Å². The highest BCUT2D eigenvalue weighted by Crippen LogP contribution is 2.33. The van der Waals surface area contributed by atoms with Crippen LogP contribution >= 0.6 is 0 Å². The van der Waals surface area contributed by atoms with E-state index < -0.39 is 11.7 Å². The summed E-state index contributed by atoms with van der Waals surface area (Å²) in [4.78, 5) is 8.49. The van der Waals surface area contributed by atoms with Gasteiger partial charge in [-0.25, -0.2) is 9.97 Å². The number of nitrogens with two attached hydrogens (primary N) is 1. The molecule has 3 rings (SSSR count). The lowest BCUT2D eigenvalue weighted by atomic mass is 10.1. The highest BCUT2D eigenvalue weighted by Gasteiger charge is 2.30. The van der Waals surface area contributed by atoms with E-state index in [-0.39, 0.29) is 11.5 Å². The Morgan fingerprint density at radius 3 is 2.19 bits per heavy atom. The predicted molar refractivity (Wildman–Crippen MR) is 74.4 cm³/mol. The van der Waals surface area contributed by atoms with Crippen molar-refractivity contribution in [2.45, 2.75) is 6.18 Å². The van der Waals surface area contributed by atoms with Gasteiger partial charge in [0.25, 0.3) is 0 Å². The maximum absolute atomic E-state index is 12.8. The molecule has 1 aromatic heterocycles. The van der Waals surface area contributed by atoms with Crippen LogP contribution in [0, 0.1) is 0 Å². The van der Waals surface area contributed by atoms with E-state index >= 15 is 0 Å². The zero-order valence-corrected chi connectivity index (χ0v) is 10.7. The number of alkyl halides is 3. The Hall–Kier alpha value is -2.63. The Morgan fingerprint density at radius 1 is 0.857 bits per heavy atom. The fraction of sp³-hybridized carbons (Fsp3) is 0.0667. The Bertz CT molecular complexity index is 813. The maximum atomic E-state index is 12.8. The summed E-state index contributed by atoms with van der Waals surface area (Å²) in [5.41, 5.74) is 6.81. The van der Waals surface area contributed by atoms with Crippen molar-refractivity contribution in [2.75, 3.05) is 5.73 Å². The van der Waals surface area contributed by atoms with Crippen molar-refractivity contribution in [3.8, 4) is 11.3 Å². The van der Waals surface area contributed by atoms with Crippen LogP contribution in [-0.2, 0) is 6.18 Å². The van der Waals surface area contributed by atoms with Gasteiger partial charge in [-0.2, -0.15) is 13.2 Å². The van der Waals surface area contributed by atoms with Gasteiger partial charge in [0.05, 0.1) is 16.6 Å². The zero-order chi connectivity index (χ0) is 15.0. The highest BCUT2D eigenvalue weighted by molar-refractivity contribution is 5.82. The Morgan fingerprint density at radius 2 is 1.52 bits per heavy atom. The number of rotatable bonds is 1. The number of fused-ring (bicyclic) bond motifs is 1. The fourth-order valence-corrected chi connectivity index (χ4v) is 2.07. The molecule has 2 aromatic carbocycles. The average molecular weight is 289 g/mol. The Balaban J connectivity index is 2.18. The van der Waals surface area contributed by atoms with E-state index in [0.717, 1.165) is 12.1 Å². The number of aromatic nitrogens is 2. The molecule has 0 saturated heterocycles. The minimum Gasteiger partial charge on any atom is -0.382 e. The second kappa shape index (κ2) is 4.73. The fourth-order valence-electron chi connectivity index (χ4n) is 2.07. The highest BCUT2D eigenvalue weighted by atomic mass is 19.4. The Labute approximate surface area is 118 Å². The van der Waals surface area contributed by atoms with Crippen LogP contribution in [0.5, 0.6) is 0 Å². The van der Waals surface area contributed by atoms with Crippen molar-refractivity contribution in [1.29, 1.82) is 0 Å². The molecule has 0 saturated carbocycles. The summed E-state index contributed by atoms with van der Waals surface area (Å²) in [6.07, 6.45) is -4.41. The summed E-state index contributed by atoms with van der Waals surface area (Å²) in [5, 5.41) is 0. The second-order valence-corrected chi connectivity index (χ2v) is 4.52. The van der Waals surface area contributed by atoms with Crippen LogP contribution in [-0.4, -0.2) is 9.97 Å². The maximum Gasteiger partial charge on any atom is 0.416 e. The summed E-state index contributed by atoms with van der Waals surface area (Å²) >= 11 is 0. The van der Waals surface area contributed by atoms with Crippen molar-refractivity contribution >= 4 is 16.9 Å². The lowest BCUT2D eigenvalue weighted by molar-refractivity contribution is -0.137. The molecule has 0 spiro atoms. The first-order valence-corrected chi connectivity index (χ1v) is 6.15. The number of hydrogen-bond donors (Lipinski definition) is 1. The van der Waals surface area contributed by atoms with Gasteiger partial charge in [-0.3, -0.25) is 0 Å². The molecule has 0 aliphatic carbocycles. The van der Waals surface area contributed by atoms with Gasteiger partial charge in [0.15, 0.2) is 5.82 Å². The average Bonchev–Trinajstić information content (AvgIpc) is 2.46. The summed E-state index contributed by atoms with van der Waals surface area (Å²) in [6, 6.07) is 11.9. The Kier molecular flexibility index (Phi) is 3.01. The number of anilines is 1. The molecule has 0 fully saturated rings. The van der Waals surface area contributed by atoms with Gasteiger partial charge in [-0.15, -0.1) is 0 Å². The summed E-state index contributed by atoms with van der Waals surface area (Å²) in [6.45, 7) is 0.